The van der Waals surface area contributed by atoms with Crippen LogP contribution in [0.15, 0.2) is 54.7 Å². The Bertz CT molecular complexity index is 1820. The number of nitrogens with zero attached hydrogens (tertiary/aromatic N) is 4. The first-order chi connectivity index (χ1) is 22.2. The van der Waals surface area contributed by atoms with Gasteiger partial charge in [0.25, 0.3) is 17.8 Å². The Balaban J connectivity index is 1.63. The van der Waals surface area contributed by atoms with E-state index in [1.165, 1.54) is 41.9 Å². The molecule has 0 bridgehead atoms. The van der Waals surface area contributed by atoms with Crippen LogP contribution in [0.3, 0.4) is 0 Å². The summed E-state index contributed by atoms with van der Waals surface area (Å²) in [6, 6.07) is 9.41. The highest BCUT2D eigenvalue weighted by atomic mass is 19.3. The summed E-state index contributed by atoms with van der Waals surface area (Å²) in [6.07, 6.45) is -3.18. The molecule has 1 unspecified atom stereocenters. The van der Waals surface area contributed by atoms with Gasteiger partial charge in [-0.05, 0) is 89.4 Å². The number of aliphatic hydroxyl groups is 1. The van der Waals surface area contributed by atoms with E-state index in [-0.39, 0.29) is 33.8 Å². The number of aryl methyl sites for hydroxylation is 1. The Morgan fingerprint density at radius 2 is 1.52 bits per heavy atom. The lowest BCUT2D eigenvalue weighted by molar-refractivity contribution is -0.106. The number of amides is 3. The number of fused-ring (bicyclic) bond motifs is 1. The minimum absolute atomic E-state index is 0.0695. The maximum absolute atomic E-state index is 15.9. The molecule has 11 nitrogen and oxygen atoms in total. The number of benzene rings is 2. The standard InChI is InChI=1S/C33H35F4N5O6/c1-18-8-13-22(25(35)24(18)27(44)38-17-33(36,37)26(43)19-9-11-21(34)12-10-19)20-14-15-41-23(16-20)39-28(40-41)42(29(45)47-31(2,3)4)30(46)48-32(5,6)7/h8-16,26,43H,17H2,1-7H3,(H,38,44). The number of pyridine rings is 1. The molecule has 15 heteroatoms. The van der Waals surface area contributed by atoms with Crippen molar-refractivity contribution in [3.05, 3.63) is 83.1 Å². The van der Waals surface area contributed by atoms with Crippen LogP contribution in [0.25, 0.3) is 16.8 Å². The van der Waals surface area contributed by atoms with E-state index in [9.17, 15) is 32.7 Å². The summed E-state index contributed by atoms with van der Waals surface area (Å²) in [5.74, 6) is -7.13. The average Bonchev–Trinajstić information content (AvgIpc) is 3.37. The molecule has 0 radical (unpaired) electrons. The molecular weight excluding hydrogens is 638 g/mol. The van der Waals surface area contributed by atoms with Crippen LogP contribution in [-0.4, -0.2) is 61.5 Å². The summed E-state index contributed by atoms with van der Waals surface area (Å²) in [6.45, 7) is 9.72. The van der Waals surface area contributed by atoms with Gasteiger partial charge in [0.2, 0.25) is 0 Å². The van der Waals surface area contributed by atoms with E-state index in [2.05, 4.69) is 10.1 Å². The van der Waals surface area contributed by atoms with Crippen molar-refractivity contribution >= 4 is 29.7 Å². The second kappa shape index (κ2) is 13.2. The van der Waals surface area contributed by atoms with Crippen molar-refractivity contribution in [2.24, 2.45) is 0 Å². The molecule has 0 aliphatic rings. The van der Waals surface area contributed by atoms with Crippen molar-refractivity contribution in [2.45, 2.75) is 71.7 Å². The largest absolute Gasteiger partial charge is 0.443 e. The maximum Gasteiger partial charge on any atom is 0.427 e. The summed E-state index contributed by atoms with van der Waals surface area (Å²) in [5.41, 5.74) is -2.41. The third kappa shape index (κ3) is 8.26. The zero-order chi connectivity index (χ0) is 35.8. The number of carbonyl (C=O) groups excluding carboxylic acids is 3. The number of hydrogen-bond acceptors (Lipinski definition) is 8. The van der Waals surface area contributed by atoms with E-state index in [1.54, 1.807) is 41.5 Å². The third-order valence-electron chi connectivity index (χ3n) is 6.64. The second-order valence-electron chi connectivity index (χ2n) is 12.9. The topological polar surface area (TPSA) is 135 Å². The molecule has 4 rings (SSSR count). The molecule has 3 amide bonds. The lowest BCUT2D eigenvalue weighted by Gasteiger charge is -2.26. The Kier molecular flexibility index (Phi) is 9.86. The predicted molar refractivity (Wildman–Crippen MR) is 167 cm³/mol. The van der Waals surface area contributed by atoms with Gasteiger partial charge in [-0.3, -0.25) is 4.79 Å². The SMILES string of the molecule is Cc1ccc(-c2ccn3nc(N(C(=O)OC(C)(C)C)C(=O)OC(C)(C)C)nc3c2)c(F)c1C(=O)NCC(F)(F)C(O)c1ccc(F)cc1. The van der Waals surface area contributed by atoms with E-state index >= 15 is 4.39 Å². The highest BCUT2D eigenvalue weighted by Crippen LogP contribution is 2.32. The first kappa shape index (κ1) is 35.8. The van der Waals surface area contributed by atoms with Gasteiger partial charge < -0.3 is 19.9 Å². The number of anilines is 1. The smallest absolute Gasteiger partial charge is 0.427 e. The van der Waals surface area contributed by atoms with E-state index in [1.807, 2.05) is 5.32 Å². The van der Waals surface area contributed by atoms with Gasteiger partial charge >= 0.3 is 12.2 Å². The number of aromatic nitrogens is 3. The second-order valence-corrected chi connectivity index (χ2v) is 12.9. The van der Waals surface area contributed by atoms with Gasteiger partial charge in [0, 0.05) is 11.8 Å². The Morgan fingerprint density at radius 3 is 2.08 bits per heavy atom. The van der Waals surface area contributed by atoms with Gasteiger partial charge in [-0.15, -0.1) is 10.00 Å². The van der Waals surface area contributed by atoms with Gasteiger partial charge in [0.15, 0.2) is 5.65 Å². The molecule has 0 aliphatic carbocycles. The highest BCUT2D eigenvalue weighted by molar-refractivity contribution is 6.08. The van der Waals surface area contributed by atoms with Crippen molar-refractivity contribution in [1.29, 1.82) is 0 Å². The molecular formula is C33H35F4N5O6. The number of nitrogens with one attached hydrogen (secondary N) is 1. The van der Waals surface area contributed by atoms with Crippen molar-refractivity contribution < 1.29 is 46.5 Å². The minimum atomic E-state index is -3.88. The normalized spacial score (nSPS) is 12.8. The Morgan fingerprint density at radius 1 is 0.938 bits per heavy atom. The van der Waals surface area contributed by atoms with Crippen molar-refractivity contribution in [1.82, 2.24) is 19.9 Å². The number of alkyl halides is 2. The van der Waals surface area contributed by atoms with E-state index in [0.717, 1.165) is 24.3 Å². The highest BCUT2D eigenvalue weighted by Gasteiger charge is 2.40. The summed E-state index contributed by atoms with van der Waals surface area (Å²) < 4.78 is 70.5. The van der Waals surface area contributed by atoms with Crippen LogP contribution in [0.4, 0.5) is 33.1 Å². The van der Waals surface area contributed by atoms with Crippen LogP contribution in [0.5, 0.6) is 0 Å². The fourth-order valence-corrected chi connectivity index (χ4v) is 4.43. The monoisotopic (exact) mass is 673 g/mol. The summed E-state index contributed by atoms with van der Waals surface area (Å²) in [5, 5.41) is 16.3. The third-order valence-corrected chi connectivity index (χ3v) is 6.64. The van der Waals surface area contributed by atoms with Crippen molar-refractivity contribution in [2.75, 3.05) is 11.4 Å². The molecule has 0 fully saturated rings. The number of hydrogen-bond donors (Lipinski definition) is 2. The molecule has 2 aromatic heterocycles. The van der Waals surface area contributed by atoms with Gasteiger partial charge in [0.05, 0.1) is 12.1 Å². The number of halogens is 4. The van der Waals surface area contributed by atoms with Crippen molar-refractivity contribution in [3.63, 3.8) is 0 Å². The van der Waals surface area contributed by atoms with Gasteiger partial charge in [-0.1, -0.05) is 24.3 Å². The van der Waals surface area contributed by atoms with Gasteiger partial charge in [0.1, 0.15) is 28.9 Å². The zero-order valence-corrected chi connectivity index (χ0v) is 27.3. The molecule has 1 atom stereocenters. The van der Waals surface area contributed by atoms with E-state index < -0.39 is 65.1 Å². The quantitative estimate of drug-likeness (QED) is 0.206. The molecule has 2 aromatic carbocycles. The lowest BCUT2D eigenvalue weighted by Crippen LogP contribution is -2.44. The van der Waals surface area contributed by atoms with Gasteiger partial charge in [-0.2, -0.15) is 4.98 Å². The van der Waals surface area contributed by atoms with Crippen LogP contribution in [0, 0.1) is 18.6 Å². The summed E-state index contributed by atoms with van der Waals surface area (Å²) >= 11 is 0. The molecule has 0 saturated heterocycles. The fourth-order valence-electron chi connectivity index (χ4n) is 4.43. The number of imide groups is 1. The molecule has 0 saturated carbocycles. The lowest BCUT2D eigenvalue weighted by atomic mass is 9.98. The summed E-state index contributed by atoms with van der Waals surface area (Å²) in [4.78, 5) is 43.8. The number of aliphatic hydroxyl groups excluding tert-OH is 1. The molecule has 0 aliphatic heterocycles. The number of rotatable bonds is 7. The molecule has 256 valence electrons. The minimum Gasteiger partial charge on any atom is -0.443 e. The van der Waals surface area contributed by atoms with Crippen molar-refractivity contribution in [3.8, 4) is 11.1 Å². The number of carbonyl (C=O) groups is 3. The van der Waals surface area contributed by atoms with E-state index in [4.69, 9.17) is 9.47 Å². The number of ether oxygens (including phenoxy) is 2. The summed E-state index contributed by atoms with van der Waals surface area (Å²) in [7, 11) is 0. The van der Waals surface area contributed by atoms with Crippen LogP contribution < -0.4 is 10.2 Å². The average molecular weight is 674 g/mol. The van der Waals surface area contributed by atoms with Crippen LogP contribution in [-0.2, 0) is 9.47 Å². The maximum atomic E-state index is 15.9. The first-order valence-corrected chi connectivity index (χ1v) is 14.7. The Hall–Kier alpha value is -5.05. The molecule has 0 spiro atoms. The zero-order valence-electron chi connectivity index (χ0n) is 27.3. The predicted octanol–water partition coefficient (Wildman–Crippen LogP) is 6.76. The molecule has 2 N–H and O–H groups in total. The molecule has 48 heavy (non-hydrogen) atoms. The van der Waals surface area contributed by atoms with Gasteiger partial charge in [-0.25, -0.2) is 31.7 Å². The fraction of sp³-hybridized carbons (Fsp3) is 0.364. The van der Waals surface area contributed by atoms with E-state index in [0.29, 0.717) is 4.90 Å². The van der Waals surface area contributed by atoms with Crippen LogP contribution in [0.2, 0.25) is 0 Å². The first-order valence-electron chi connectivity index (χ1n) is 14.7. The molecule has 4 aromatic rings. The van der Waals surface area contributed by atoms with Crippen LogP contribution in [0.1, 0.15) is 69.1 Å². The molecule has 2 heterocycles. The van der Waals surface area contributed by atoms with Crippen LogP contribution >= 0.6 is 0 Å². The Labute approximate surface area is 273 Å².